The zero-order valence-electron chi connectivity index (χ0n) is 14.8. The minimum absolute atomic E-state index is 0.0353. The minimum Gasteiger partial charge on any atom is -0.341 e. The monoisotopic (exact) mass is 355 g/mol. The summed E-state index contributed by atoms with van der Waals surface area (Å²) in [6, 6.07) is 5.88. The second-order valence-electron chi connectivity index (χ2n) is 6.35. The summed E-state index contributed by atoms with van der Waals surface area (Å²) < 4.78 is 1.62. The largest absolute Gasteiger partial charge is 0.341 e. The van der Waals surface area contributed by atoms with Gasteiger partial charge in [0.2, 0.25) is 0 Å². The first-order valence-corrected chi connectivity index (χ1v) is 9.02. The van der Waals surface area contributed by atoms with E-state index >= 15 is 0 Å². The topological polar surface area (TPSA) is 63.9 Å². The van der Waals surface area contributed by atoms with Crippen LogP contribution in [-0.2, 0) is 0 Å². The molecule has 6 nitrogen and oxygen atoms in total. The van der Waals surface area contributed by atoms with Crippen LogP contribution in [0, 0.1) is 12.8 Å². The molecule has 1 amide bonds. The maximum absolute atomic E-state index is 12.6. The molecule has 0 spiro atoms. The fourth-order valence-electron chi connectivity index (χ4n) is 2.67. The summed E-state index contributed by atoms with van der Waals surface area (Å²) in [5.74, 6) is 0.843. The van der Waals surface area contributed by atoms with Gasteiger partial charge in [0.1, 0.15) is 0 Å². The summed E-state index contributed by atoms with van der Waals surface area (Å²) in [7, 11) is 1.81. The van der Waals surface area contributed by atoms with Crippen LogP contribution in [0.15, 0.2) is 36.0 Å². The number of amides is 1. The highest BCUT2D eigenvalue weighted by Gasteiger charge is 2.20. The van der Waals surface area contributed by atoms with Crippen molar-refractivity contribution in [2.24, 2.45) is 5.92 Å². The fourth-order valence-corrected chi connectivity index (χ4v) is 3.36. The van der Waals surface area contributed by atoms with E-state index in [9.17, 15) is 4.79 Å². The quantitative estimate of drug-likeness (QED) is 0.703. The summed E-state index contributed by atoms with van der Waals surface area (Å²) in [6.45, 7) is 6.74. The first kappa shape index (κ1) is 17.3. The average Bonchev–Trinajstić information content (AvgIpc) is 3.23. The van der Waals surface area contributed by atoms with E-state index in [0.717, 1.165) is 16.3 Å². The molecule has 0 aliphatic carbocycles. The van der Waals surface area contributed by atoms with Gasteiger partial charge in [0.25, 0.3) is 11.9 Å². The Morgan fingerprint density at radius 3 is 2.84 bits per heavy atom. The third-order valence-electron chi connectivity index (χ3n) is 3.83. The summed E-state index contributed by atoms with van der Waals surface area (Å²) in [5.41, 5.74) is 2.16. The van der Waals surface area contributed by atoms with Gasteiger partial charge in [-0.15, -0.1) is 11.3 Å². The van der Waals surface area contributed by atoms with Crippen molar-refractivity contribution < 1.29 is 4.79 Å². The van der Waals surface area contributed by atoms with Crippen LogP contribution in [0.3, 0.4) is 0 Å². The second-order valence-corrected chi connectivity index (χ2v) is 7.30. The standard InChI is InChI=1S/C18H21N5OS/c1-12(2)11-22(4)17(24)14-10-20-23(13(14)3)18-19-8-7-15(21-18)16-6-5-9-25-16/h5-10,12H,11H2,1-4H3. The third-order valence-corrected chi connectivity index (χ3v) is 4.72. The maximum Gasteiger partial charge on any atom is 0.257 e. The van der Waals surface area contributed by atoms with Gasteiger partial charge >= 0.3 is 0 Å². The molecule has 0 radical (unpaired) electrons. The van der Waals surface area contributed by atoms with Gasteiger partial charge in [0.15, 0.2) is 0 Å². The van der Waals surface area contributed by atoms with Crippen LogP contribution < -0.4 is 0 Å². The smallest absolute Gasteiger partial charge is 0.257 e. The molecular formula is C18H21N5OS. The molecule has 3 aromatic rings. The van der Waals surface area contributed by atoms with E-state index in [-0.39, 0.29) is 5.91 Å². The molecule has 0 saturated carbocycles. The molecule has 7 heteroatoms. The predicted octanol–water partition coefficient (Wildman–Crippen LogP) is 3.43. The molecule has 25 heavy (non-hydrogen) atoms. The lowest BCUT2D eigenvalue weighted by molar-refractivity contribution is 0.0778. The highest BCUT2D eigenvalue weighted by atomic mass is 32.1. The molecule has 0 aliphatic rings. The van der Waals surface area contributed by atoms with Crippen LogP contribution in [0.1, 0.15) is 29.9 Å². The van der Waals surface area contributed by atoms with Crippen molar-refractivity contribution in [2.75, 3.05) is 13.6 Å². The van der Waals surface area contributed by atoms with E-state index in [0.29, 0.717) is 24.0 Å². The molecular weight excluding hydrogens is 334 g/mol. The molecule has 0 bridgehead atoms. The van der Waals surface area contributed by atoms with Crippen molar-refractivity contribution in [3.05, 3.63) is 47.2 Å². The Bertz CT molecular complexity index is 869. The van der Waals surface area contributed by atoms with Gasteiger partial charge < -0.3 is 4.90 Å². The van der Waals surface area contributed by atoms with Crippen LogP contribution in [-0.4, -0.2) is 44.1 Å². The molecule has 3 aromatic heterocycles. The van der Waals surface area contributed by atoms with Crippen molar-refractivity contribution in [3.63, 3.8) is 0 Å². The highest BCUT2D eigenvalue weighted by molar-refractivity contribution is 7.13. The van der Waals surface area contributed by atoms with Gasteiger partial charge in [-0.3, -0.25) is 4.79 Å². The normalized spacial score (nSPS) is 11.1. The molecule has 0 N–H and O–H groups in total. The third kappa shape index (κ3) is 3.61. The lowest BCUT2D eigenvalue weighted by atomic mass is 10.2. The van der Waals surface area contributed by atoms with E-state index in [1.165, 1.54) is 0 Å². The first-order valence-electron chi connectivity index (χ1n) is 8.14. The van der Waals surface area contributed by atoms with Crippen molar-refractivity contribution in [2.45, 2.75) is 20.8 Å². The summed E-state index contributed by atoms with van der Waals surface area (Å²) in [5, 5.41) is 6.35. The Morgan fingerprint density at radius 2 is 2.16 bits per heavy atom. The molecule has 3 rings (SSSR count). The van der Waals surface area contributed by atoms with Crippen LogP contribution in [0.5, 0.6) is 0 Å². The number of aromatic nitrogens is 4. The number of hydrogen-bond acceptors (Lipinski definition) is 5. The number of rotatable bonds is 5. The predicted molar refractivity (Wildman–Crippen MR) is 99.0 cm³/mol. The lowest BCUT2D eigenvalue weighted by Crippen LogP contribution is -2.30. The Kier molecular flexibility index (Phi) is 4.94. The lowest BCUT2D eigenvalue weighted by Gasteiger charge is -2.19. The molecule has 0 aromatic carbocycles. The first-order chi connectivity index (χ1) is 12.0. The van der Waals surface area contributed by atoms with Crippen molar-refractivity contribution in [1.82, 2.24) is 24.6 Å². The zero-order chi connectivity index (χ0) is 18.0. The summed E-state index contributed by atoms with van der Waals surface area (Å²) in [6.07, 6.45) is 3.31. The van der Waals surface area contributed by atoms with Crippen molar-refractivity contribution in [3.8, 4) is 16.5 Å². The molecule has 0 fully saturated rings. The van der Waals surface area contributed by atoms with Gasteiger partial charge in [-0.05, 0) is 30.4 Å². The average molecular weight is 355 g/mol. The number of thiophene rings is 1. The number of carbonyl (C=O) groups is 1. The van der Waals surface area contributed by atoms with E-state index in [1.807, 2.05) is 37.6 Å². The summed E-state index contributed by atoms with van der Waals surface area (Å²) >= 11 is 1.62. The van der Waals surface area contributed by atoms with Crippen LogP contribution in [0.25, 0.3) is 16.5 Å². The van der Waals surface area contributed by atoms with E-state index in [1.54, 1.807) is 33.3 Å². The highest BCUT2D eigenvalue weighted by Crippen LogP contribution is 2.23. The van der Waals surface area contributed by atoms with E-state index in [2.05, 4.69) is 28.9 Å². The van der Waals surface area contributed by atoms with Crippen LogP contribution in [0.4, 0.5) is 0 Å². The molecule has 0 aliphatic heterocycles. The van der Waals surface area contributed by atoms with Gasteiger partial charge in [0.05, 0.1) is 28.0 Å². The summed E-state index contributed by atoms with van der Waals surface area (Å²) in [4.78, 5) is 24.3. The fraction of sp³-hybridized carbons (Fsp3) is 0.333. The number of nitrogens with zero attached hydrogens (tertiary/aromatic N) is 5. The zero-order valence-corrected chi connectivity index (χ0v) is 15.6. The molecule has 0 saturated heterocycles. The van der Waals surface area contributed by atoms with Crippen molar-refractivity contribution >= 4 is 17.2 Å². The van der Waals surface area contributed by atoms with Gasteiger partial charge in [0, 0.05) is 19.8 Å². The van der Waals surface area contributed by atoms with Gasteiger partial charge in [-0.2, -0.15) is 5.10 Å². The Morgan fingerprint density at radius 1 is 1.36 bits per heavy atom. The molecule has 0 unspecified atom stereocenters. The Labute approximate surface area is 151 Å². The van der Waals surface area contributed by atoms with E-state index < -0.39 is 0 Å². The minimum atomic E-state index is -0.0353. The number of carbonyl (C=O) groups excluding carboxylic acids is 1. The van der Waals surface area contributed by atoms with Gasteiger partial charge in [-0.1, -0.05) is 19.9 Å². The SMILES string of the molecule is Cc1c(C(=O)N(C)CC(C)C)cnn1-c1nccc(-c2cccs2)n1. The van der Waals surface area contributed by atoms with Crippen molar-refractivity contribution in [1.29, 1.82) is 0 Å². The molecule has 3 heterocycles. The van der Waals surface area contributed by atoms with E-state index in [4.69, 9.17) is 0 Å². The maximum atomic E-state index is 12.6. The number of hydrogen-bond donors (Lipinski definition) is 0. The second kappa shape index (κ2) is 7.14. The van der Waals surface area contributed by atoms with Crippen LogP contribution in [0.2, 0.25) is 0 Å². The molecule has 0 atom stereocenters. The molecule has 130 valence electrons. The van der Waals surface area contributed by atoms with Crippen LogP contribution >= 0.6 is 11.3 Å². The Balaban J connectivity index is 1.91. The Hall–Kier alpha value is -2.54. The van der Waals surface area contributed by atoms with Gasteiger partial charge in [-0.25, -0.2) is 14.6 Å².